The van der Waals surface area contributed by atoms with Crippen LogP contribution >= 0.6 is 11.6 Å². The molecule has 0 atom stereocenters. The van der Waals surface area contributed by atoms with Gasteiger partial charge in [0.05, 0.1) is 10.7 Å². The third-order valence-electron chi connectivity index (χ3n) is 3.72. The number of fused-ring (bicyclic) bond motifs is 1. The first-order valence-corrected chi connectivity index (χ1v) is 6.33. The van der Waals surface area contributed by atoms with Gasteiger partial charge in [-0.3, -0.25) is 0 Å². The fraction of sp³-hybridized carbons (Fsp3) is 0.583. The van der Waals surface area contributed by atoms with Crippen molar-refractivity contribution in [1.82, 2.24) is 4.98 Å². The van der Waals surface area contributed by atoms with E-state index in [2.05, 4.69) is 15.6 Å². The van der Waals surface area contributed by atoms with Crippen molar-refractivity contribution in [3.63, 3.8) is 0 Å². The molecular weight excluding hydrogens is 222 g/mol. The van der Waals surface area contributed by atoms with Gasteiger partial charge in [-0.15, -0.1) is 0 Å². The van der Waals surface area contributed by atoms with Gasteiger partial charge >= 0.3 is 0 Å². The number of anilines is 2. The average molecular weight is 238 g/mol. The summed E-state index contributed by atoms with van der Waals surface area (Å²) in [6.07, 6.45) is 8.06. The van der Waals surface area contributed by atoms with E-state index in [0.29, 0.717) is 5.02 Å². The topological polar surface area (TPSA) is 37.0 Å². The van der Waals surface area contributed by atoms with Crippen LogP contribution in [0.2, 0.25) is 5.02 Å². The van der Waals surface area contributed by atoms with Crippen LogP contribution in [0, 0.1) is 0 Å². The van der Waals surface area contributed by atoms with Gasteiger partial charge in [0.15, 0.2) is 0 Å². The minimum absolute atomic E-state index is 0.277. The predicted molar refractivity (Wildman–Crippen MR) is 67.2 cm³/mol. The molecule has 1 aliphatic heterocycles. The normalized spacial score (nSPS) is 22.1. The summed E-state index contributed by atoms with van der Waals surface area (Å²) >= 11 is 5.95. The van der Waals surface area contributed by atoms with Crippen LogP contribution in [-0.2, 0) is 0 Å². The predicted octanol–water partition coefficient (Wildman–Crippen LogP) is 3.28. The van der Waals surface area contributed by atoms with Gasteiger partial charge < -0.3 is 10.6 Å². The molecule has 0 unspecified atom stereocenters. The highest BCUT2D eigenvalue weighted by atomic mass is 35.5. The summed E-state index contributed by atoms with van der Waals surface area (Å²) in [6.45, 7) is 1.00. The number of nitrogens with one attached hydrogen (secondary N) is 2. The maximum Gasteiger partial charge on any atom is 0.149 e. The van der Waals surface area contributed by atoms with Crippen molar-refractivity contribution in [1.29, 1.82) is 0 Å². The van der Waals surface area contributed by atoms with E-state index >= 15 is 0 Å². The fourth-order valence-electron chi connectivity index (χ4n) is 2.85. The number of rotatable bonds is 0. The smallest absolute Gasteiger partial charge is 0.149 e. The third kappa shape index (κ3) is 1.73. The van der Waals surface area contributed by atoms with Gasteiger partial charge in [0, 0.05) is 18.3 Å². The van der Waals surface area contributed by atoms with E-state index < -0.39 is 0 Å². The molecule has 0 radical (unpaired) electrons. The molecule has 0 aromatic carbocycles. The molecule has 1 aromatic heterocycles. The zero-order valence-corrected chi connectivity index (χ0v) is 9.98. The van der Waals surface area contributed by atoms with Crippen LogP contribution in [0.1, 0.15) is 32.1 Å². The SMILES string of the molecule is Clc1cnc2c(c1)NCCC1(CCCC1)N2. The summed E-state index contributed by atoms with van der Waals surface area (Å²) in [5, 5.41) is 7.73. The lowest BCUT2D eigenvalue weighted by Gasteiger charge is -2.28. The molecule has 0 saturated heterocycles. The first-order chi connectivity index (χ1) is 7.77. The number of hydrogen-bond acceptors (Lipinski definition) is 3. The maximum atomic E-state index is 5.95. The number of aromatic nitrogens is 1. The van der Waals surface area contributed by atoms with Crippen molar-refractivity contribution >= 4 is 23.1 Å². The van der Waals surface area contributed by atoms with Gasteiger partial charge in [-0.1, -0.05) is 24.4 Å². The number of halogens is 1. The minimum Gasteiger partial charge on any atom is -0.382 e. The van der Waals surface area contributed by atoms with Gasteiger partial charge in [0.1, 0.15) is 5.82 Å². The standard InChI is InChI=1S/C12H16ClN3/c13-9-7-10-11(15-8-9)16-12(5-6-14-10)3-1-2-4-12/h7-8,14H,1-6H2,(H,15,16). The van der Waals surface area contributed by atoms with Crippen molar-refractivity contribution in [2.45, 2.75) is 37.6 Å². The number of hydrogen-bond donors (Lipinski definition) is 2. The van der Waals surface area contributed by atoms with Crippen LogP contribution in [0.5, 0.6) is 0 Å². The number of pyridine rings is 1. The zero-order valence-electron chi connectivity index (χ0n) is 9.22. The van der Waals surface area contributed by atoms with Gasteiger partial charge in [0.2, 0.25) is 0 Å². The molecule has 2 heterocycles. The molecule has 0 bridgehead atoms. The van der Waals surface area contributed by atoms with Gasteiger partial charge in [0.25, 0.3) is 0 Å². The van der Waals surface area contributed by atoms with Gasteiger partial charge in [-0.2, -0.15) is 0 Å². The molecule has 1 spiro atoms. The lowest BCUT2D eigenvalue weighted by atomic mass is 9.93. The van der Waals surface area contributed by atoms with Crippen molar-refractivity contribution in [2.75, 3.05) is 17.2 Å². The van der Waals surface area contributed by atoms with Crippen LogP contribution in [0.15, 0.2) is 12.3 Å². The Balaban J connectivity index is 1.94. The molecule has 1 aliphatic carbocycles. The largest absolute Gasteiger partial charge is 0.382 e. The lowest BCUT2D eigenvalue weighted by molar-refractivity contribution is 0.459. The minimum atomic E-state index is 0.277. The molecule has 0 amide bonds. The van der Waals surface area contributed by atoms with Gasteiger partial charge in [-0.25, -0.2) is 4.98 Å². The Kier molecular flexibility index (Phi) is 2.43. The summed E-state index contributed by atoms with van der Waals surface area (Å²) in [5.41, 5.74) is 1.32. The molecule has 3 rings (SSSR count). The quantitative estimate of drug-likeness (QED) is 0.727. The molecule has 1 saturated carbocycles. The summed E-state index contributed by atoms with van der Waals surface area (Å²) in [4.78, 5) is 4.39. The van der Waals surface area contributed by atoms with Crippen LogP contribution in [0.25, 0.3) is 0 Å². The Morgan fingerprint density at radius 1 is 1.25 bits per heavy atom. The molecule has 1 aromatic rings. The molecule has 1 fully saturated rings. The van der Waals surface area contributed by atoms with E-state index in [-0.39, 0.29) is 5.54 Å². The lowest BCUT2D eigenvalue weighted by Crippen LogP contribution is -2.35. The fourth-order valence-corrected chi connectivity index (χ4v) is 3.01. The van der Waals surface area contributed by atoms with Crippen molar-refractivity contribution in [2.24, 2.45) is 0 Å². The van der Waals surface area contributed by atoms with Crippen LogP contribution < -0.4 is 10.6 Å². The molecule has 2 aliphatic rings. The molecule has 86 valence electrons. The highest BCUT2D eigenvalue weighted by Crippen LogP contribution is 2.39. The summed E-state index contributed by atoms with van der Waals surface area (Å²) in [5.74, 6) is 0.962. The summed E-state index contributed by atoms with van der Waals surface area (Å²) < 4.78 is 0. The Morgan fingerprint density at radius 2 is 2.06 bits per heavy atom. The Labute approximate surface area is 101 Å². The maximum absolute atomic E-state index is 5.95. The molecular formula is C12H16ClN3. The van der Waals surface area contributed by atoms with E-state index in [9.17, 15) is 0 Å². The summed E-state index contributed by atoms with van der Waals surface area (Å²) in [6, 6.07) is 1.95. The monoisotopic (exact) mass is 237 g/mol. The summed E-state index contributed by atoms with van der Waals surface area (Å²) in [7, 11) is 0. The molecule has 4 heteroatoms. The van der Waals surface area contributed by atoms with Crippen LogP contribution in [0.3, 0.4) is 0 Å². The molecule has 3 nitrogen and oxygen atoms in total. The second-order valence-electron chi connectivity index (χ2n) is 4.84. The van der Waals surface area contributed by atoms with Gasteiger partial charge in [-0.05, 0) is 25.3 Å². The first kappa shape index (κ1) is 10.2. The first-order valence-electron chi connectivity index (χ1n) is 5.95. The third-order valence-corrected chi connectivity index (χ3v) is 3.92. The van der Waals surface area contributed by atoms with Crippen LogP contribution in [-0.4, -0.2) is 17.1 Å². The molecule has 16 heavy (non-hydrogen) atoms. The Hall–Kier alpha value is -0.960. The number of nitrogens with zero attached hydrogens (tertiary/aromatic N) is 1. The highest BCUT2D eigenvalue weighted by Gasteiger charge is 2.35. The van der Waals surface area contributed by atoms with Crippen LogP contribution in [0.4, 0.5) is 11.5 Å². The van der Waals surface area contributed by atoms with E-state index in [1.165, 1.54) is 32.1 Å². The second kappa shape index (κ2) is 3.81. The van der Waals surface area contributed by atoms with E-state index in [1.807, 2.05) is 6.07 Å². The van der Waals surface area contributed by atoms with Crippen molar-refractivity contribution in [3.05, 3.63) is 17.3 Å². The van der Waals surface area contributed by atoms with Crippen molar-refractivity contribution < 1.29 is 0 Å². The van der Waals surface area contributed by atoms with E-state index in [4.69, 9.17) is 11.6 Å². The average Bonchev–Trinajstić information content (AvgIpc) is 2.62. The Morgan fingerprint density at radius 3 is 2.88 bits per heavy atom. The Bertz CT molecular complexity index is 399. The zero-order chi connectivity index (χ0) is 11.0. The highest BCUT2D eigenvalue weighted by molar-refractivity contribution is 6.30. The van der Waals surface area contributed by atoms with E-state index in [1.54, 1.807) is 6.20 Å². The van der Waals surface area contributed by atoms with Crippen molar-refractivity contribution in [3.8, 4) is 0 Å². The molecule has 2 N–H and O–H groups in total. The van der Waals surface area contributed by atoms with E-state index in [0.717, 1.165) is 18.1 Å². The second-order valence-corrected chi connectivity index (χ2v) is 5.28.